The van der Waals surface area contributed by atoms with Crippen molar-refractivity contribution >= 4 is 38.0 Å². The molecule has 12 nitrogen and oxygen atoms in total. The van der Waals surface area contributed by atoms with Crippen LogP contribution in [0.5, 0.6) is 11.5 Å². The predicted molar refractivity (Wildman–Crippen MR) is 227 cm³/mol. The number of alkyl halides is 1. The quantitative estimate of drug-likeness (QED) is 0.0566. The number of benzene rings is 2. The Kier molecular flexibility index (Phi) is 10.6. The highest BCUT2D eigenvalue weighted by molar-refractivity contribution is 7.92. The van der Waals surface area contributed by atoms with Crippen LogP contribution in [0.4, 0.5) is 15.8 Å². The van der Waals surface area contributed by atoms with Gasteiger partial charge in [-0.3, -0.25) is 19.8 Å². The van der Waals surface area contributed by atoms with Gasteiger partial charge in [0.05, 0.1) is 21.6 Å². The maximum Gasteiger partial charge on any atom is 0.273 e. The molecule has 60 heavy (non-hydrogen) atoms. The maximum absolute atomic E-state index is 14.7. The molecule has 4 aromatic rings. The molecule has 14 heteroatoms. The molecular formula is C46H54FN5O7S. The van der Waals surface area contributed by atoms with E-state index in [4.69, 9.17) is 9.47 Å². The number of Topliss-reactive ketones (excluding diaryl/α,β-unsaturated/α-hetero) is 1. The topological polar surface area (TPSA) is 148 Å². The van der Waals surface area contributed by atoms with Gasteiger partial charge in [-0.05, 0) is 106 Å². The standard InChI is InChI=1S/C46H54FN5O7S/c1-44(2)13-9-34(39(24-44)45-28-46(47,29-45)30-45)26-50-15-17-51(18-16-50)35-6-8-38(42(22-35)59-36-21-33-10-14-48-43(33)49-25-36)41(53)27-60(56,57)37-7-5-32(40(23-37)52(54)55)4-3-31-11-19-58-20-12-31/h5-8,10,14,21-23,25,31H,3-4,9,11-13,15-20,24,26-30H2,1-2H3,(H,48,49). The Balaban J connectivity index is 0.922. The Morgan fingerprint density at radius 2 is 1.82 bits per heavy atom. The van der Waals surface area contributed by atoms with Gasteiger partial charge < -0.3 is 19.4 Å². The summed E-state index contributed by atoms with van der Waals surface area (Å²) in [5.74, 6) is -0.601. The Hall–Kier alpha value is -4.66. The van der Waals surface area contributed by atoms with E-state index in [0.29, 0.717) is 61.8 Å². The number of halogens is 1. The average molecular weight is 840 g/mol. The molecule has 2 bridgehead atoms. The number of nitrogens with zero attached hydrogens (tertiary/aromatic N) is 4. The number of hydrogen-bond donors (Lipinski definition) is 1. The summed E-state index contributed by atoms with van der Waals surface area (Å²) in [6, 6.07) is 12.8. The van der Waals surface area contributed by atoms with Crippen LogP contribution in [0.25, 0.3) is 11.0 Å². The van der Waals surface area contributed by atoms with Crippen molar-refractivity contribution in [2.45, 2.75) is 88.6 Å². The Bertz CT molecular complexity index is 2450. The van der Waals surface area contributed by atoms with Crippen LogP contribution < -0.4 is 9.64 Å². The van der Waals surface area contributed by atoms with Crippen LogP contribution >= 0.6 is 0 Å². The lowest BCUT2D eigenvalue weighted by Crippen LogP contribution is -2.65. The number of aryl methyl sites for hydroxylation is 1. The van der Waals surface area contributed by atoms with E-state index in [1.54, 1.807) is 30.6 Å². The summed E-state index contributed by atoms with van der Waals surface area (Å²) in [5.41, 5.74) is 4.27. The molecule has 2 aromatic carbocycles. The lowest BCUT2D eigenvalue weighted by Gasteiger charge is -2.68. The number of H-pyrrole nitrogens is 1. The smallest absolute Gasteiger partial charge is 0.273 e. The van der Waals surface area contributed by atoms with Gasteiger partial charge in [-0.15, -0.1) is 0 Å². The van der Waals surface area contributed by atoms with Crippen molar-refractivity contribution in [1.82, 2.24) is 14.9 Å². The number of sulfone groups is 1. The summed E-state index contributed by atoms with van der Waals surface area (Å²) in [4.78, 5) is 37.6. The fraction of sp³-hybridized carbons (Fsp3) is 0.522. The van der Waals surface area contributed by atoms with Crippen molar-refractivity contribution in [3.05, 3.63) is 93.3 Å². The number of nitro benzene ring substituents is 1. The molecule has 318 valence electrons. The third-order valence-electron chi connectivity index (χ3n) is 13.9. The lowest BCUT2D eigenvalue weighted by molar-refractivity contribution is -0.385. The first-order valence-corrected chi connectivity index (χ1v) is 23.1. The van der Waals surface area contributed by atoms with E-state index in [1.165, 1.54) is 23.3 Å². The Morgan fingerprint density at radius 1 is 1.05 bits per heavy atom. The zero-order chi connectivity index (χ0) is 41.9. The normalized spacial score (nSPS) is 24.6. The second-order valence-electron chi connectivity index (χ2n) is 18.8. The van der Waals surface area contributed by atoms with Crippen LogP contribution in [0.15, 0.2) is 77.0 Å². The second-order valence-corrected chi connectivity index (χ2v) is 20.8. The minimum absolute atomic E-state index is 0.0843. The molecule has 2 aromatic heterocycles. The highest BCUT2D eigenvalue weighted by Crippen LogP contribution is 2.74. The van der Waals surface area contributed by atoms with Gasteiger partial charge in [0.25, 0.3) is 5.69 Å². The summed E-state index contributed by atoms with van der Waals surface area (Å²) in [6.07, 6.45) is 11.7. The molecule has 0 spiro atoms. The number of aromatic nitrogens is 2. The van der Waals surface area contributed by atoms with E-state index >= 15 is 0 Å². The summed E-state index contributed by atoms with van der Waals surface area (Å²) in [7, 11) is -4.28. The van der Waals surface area contributed by atoms with Crippen LogP contribution in [0.2, 0.25) is 0 Å². The SMILES string of the molecule is CC1(C)CCC(CN2CCN(c3ccc(C(=O)CS(=O)(=O)c4ccc(CCC5CCOCC5)c([N+](=O)[O-])c4)c(Oc4cnc5[nH]ccc5c4)c3)CC2)=C(C23CC(F)(C2)C3)C1. The molecule has 4 aliphatic carbocycles. The van der Waals surface area contributed by atoms with Crippen molar-refractivity contribution in [3.8, 4) is 11.5 Å². The van der Waals surface area contributed by atoms with Gasteiger partial charge >= 0.3 is 0 Å². The van der Waals surface area contributed by atoms with E-state index in [2.05, 4.69) is 33.6 Å². The number of ketones is 1. The number of allylic oxidation sites excluding steroid dienone is 1. The van der Waals surface area contributed by atoms with Crippen LogP contribution in [0, 0.1) is 26.9 Å². The van der Waals surface area contributed by atoms with Crippen LogP contribution in [0.1, 0.15) is 87.6 Å². The first kappa shape index (κ1) is 40.7. The van der Waals surface area contributed by atoms with Gasteiger partial charge in [0.1, 0.15) is 28.6 Å². The summed E-state index contributed by atoms with van der Waals surface area (Å²) < 4.78 is 54.0. The molecule has 0 radical (unpaired) electrons. The molecule has 5 fully saturated rings. The first-order valence-electron chi connectivity index (χ1n) is 21.4. The van der Waals surface area contributed by atoms with Crippen LogP contribution in [0.3, 0.4) is 0 Å². The number of carbonyl (C=O) groups is 1. The third kappa shape index (κ3) is 8.22. The molecule has 0 amide bonds. The number of aromatic amines is 1. The average Bonchev–Trinajstić information content (AvgIpc) is 3.68. The molecular weight excluding hydrogens is 786 g/mol. The summed E-state index contributed by atoms with van der Waals surface area (Å²) >= 11 is 0. The van der Waals surface area contributed by atoms with E-state index in [-0.39, 0.29) is 32.7 Å². The molecule has 3 saturated carbocycles. The van der Waals surface area contributed by atoms with Crippen molar-refractivity contribution in [3.63, 3.8) is 0 Å². The number of carbonyl (C=O) groups excluding carboxylic acids is 1. The molecule has 1 N–H and O–H groups in total. The fourth-order valence-electron chi connectivity index (χ4n) is 10.5. The number of fused-ring (bicyclic) bond motifs is 1. The number of nitrogens with one attached hydrogen (secondary N) is 1. The van der Waals surface area contributed by atoms with Crippen LogP contribution in [-0.4, -0.2) is 91.4 Å². The number of anilines is 1. The molecule has 10 rings (SSSR count). The number of nitro groups is 1. The number of hydrogen-bond acceptors (Lipinski definition) is 10. The van der Waals surface area contributed by atoms with Gasteiger partial charge in [-0.25, -0.2) is 17.8 Å². The monoisotopic (exact) mass is 839 g/mol. The minimum Gasteiger partial charge on any atom is -0.455 e. The largest absolute Gasteiger partial charge is 0.455 e. The fourth-order valence-corrected chi connectivity index (χ4v) is 11.7. The van der Waals surface area contributed by atoms with Crippen molar-refractivity contribution in [2.75, 3.05) is 56.6 Å². The first-order chi connectivity index (χ1) is 28.7. The zero-order valence-electron chi connectivity index (χ0n) is 34.5. The Labute approximate surface area is 350 Å². The van der Waals surface area contributed by atoms with Crippen molar-refractivity contribution in [2.24, 2.45) is 16.7 Å². The van der Waals surface area contributed by atoms with E-state index < -0.39 is 32.0 Å². The highest BCUT2D eigenvalue weighted by Gasteiger charge is 2.70. The van der Waals surface area contributed by atoms with Gasteiger partial charge in [0.2, 0.25) is 0 Å². The van der Waals surface area contributed by atoms with Gasteiger partial charge in [0, 0.05) is 86.3 Å². The van der Waals surface area contributed by atoms with E-state index in [9.17, 15) is 27.7 Å². The predicted octanol–water partition coefficient (Wildman–Crippen LogP) is 8.80. The van der Waals surface area contributed by atoms with Gasteiger partial charge in [-0.2, -0.15) is 0 Å². The third-order valence-corrected chi connectivity index (χ3v) is 15.5. The number of pyridine rings is 1. The zero-order valence-corrected chi connectivity index (χ0v) is 35.3. The number of rotatable bonds is 14. The van der Waals surface area contributed by atoms with E-state index in [0.717, 1.165) is 88.4 Å². The van der Waals surface area contributed by atoms with Crippen molar-refractivity contribution in [1.29, 1.82) is 0 Å². The second kappa shape index (κ2) is 15.7. The van der Waals surface area contributed by atoms with E-state index in [1.807, 2.05) is 12.1 Å². The summed E-state index contributed by atoms with van der Waals surface area (Å²) in [6.45, 7) is 10.1. The number of ether oxygens (including phenoxy) is 2. The summed E-state index contributed by atoms with van der Waals surface area (Å²) in [5, 5.41) is 12.9. The molecule has 2 saturated heterocycles. The van der Waals surface area contributed by atoms with Crippen molar-refractivity contribution < 1.29 is 32.0 Å². The maximum atomic E-state index is 14.7. The molecule has 0 atom stereocenters. The minimum atomic E-state index is -4.28. The van der Waals surface area contributed by atoms with Gasteiger partial charge in [-0.1, -0.05) is 31.1 Å². The lowest BCUT2D eigenvalue weighted by atomic mass is 9.38. The molecule has 0 unspecified atom stereocenters. The highest BCUT2D eigenvalue weighted by atomic mass is 32.2. The molecule has 6 aliphatic rings. The van der Waals surface area contributed by atoms with Crippen LogP contribution in [-0.2, 0) is 21.0 Å². The Morgan fingerprint density at radius 3 is 2.55 bits per heavy atom. The molecule has 4 heterocycles. The number of piperazine rings is 1. The van der Waals surface area contributed by atoms with Gasteiger partial charge in [0.15, 0.2) is 15.6 Å². The molecule has 2 aliphatic heterocycles.